The number of aromatic nitrogens is 4. The fourth-order valence-electron chi connectivity index (χ4n) is 3.00. The van der Waals surface area contributed by atoms with Crippen molar-refractivity contribution in [2.45, 2.75) is 26.4 Å². The van der Waals surface area contributed by atoms with Gasteiger partial charge in [-0.05, 0) is 6.42 Å². The van der Waals surface area contributed by atoms with E-state index in [1.165, 1.54) is 4.57 Å². The molecule has 0 spiro atoms. The maximum atomic E-state index is 13.0. The van der Waals surface area contributed by atoms with E-state index in [0.29, 0.717) is 36.8 Å². The number of imidazole rings is 1. The normalized spacial score (nSPS) is 12.5. The van der Waals surface area contributed by atoms with Crippen LogP contribution in [0.2, 0.25) is 0 Å². The largest absolute Gasteiger partial charge is 0.385 e. The molecule has 0 saturated carbocycles. The molecule has 2 heterocycles. The minimum atomic E-state index is -1.07. The molecule has 8 nitrogen and oxygen atoms in total. The van der Waals surface area contributed by atoms with Crippen LogP contribution in [0.3, 0.4) is 0 Å². The molecule has 0 bridgehead atoms. The first-order chi connectivity index (χ1) is 13.6. The fourth-order valence-corrected chi connectivity index (χ4v) is 3.68. The van der Waals surface area contributed by atoms with Crippen LogP contribution in [0.1, 0.15) is 13.3 Å². The molecular weight excluding hydrogens is 380 g/mol. The molecule has 0 fully saturated rings. The van der Waals surface area contributed by atoms with Crippen molar-refractivity contribution in [2.24, 2.45) is 0 Å². The van der Waals surface area contributed by atoms with Gasteiger partial charge in [-0.25, -0.2) is 9.78 Å². The first-order valence-electron chi connectivity index (χ1n) is 9.19. The van der Waals surface area contributed by atoms with Crippen molar-refractivity contribution in [3.63, 3.8) is 0 Å². The second-order valence-electron chi connectivity index (χ2n) is 6.32. The van der Waals surface area contributed by atoms with Crippen molar-refractivity contribution in [1.82, 2.24) is 19.1 Å². The van der Waals surface area contributed by atoms with E-state index in [-0.39, 0.29) is 17.8 Å². The molecule has 0 aliphatic rings. The molecule has 9 heteroatoms. The number of aromatic amines is 1. The lowest BCUT2D eigenvalue weighted by atomic mass is 10.2. The van der Waals surface area contributed by atoms with Crippen LogP contribution < -0.4 is 11.2 Å². The van der Waals surface area contributed by atoms with Crippen LogP contribution in [0.5, 0.6) is 0 Å². The third-order valence-electron chi connectivity index (χ3n) is 4.50. The summed E-state index contributed by atoms with van der Waals surface area (Å²) >= 11 is 0. The molecule has 0 radical (unpaired) electrons. The monoisotopic (exact) mass is 404 g/mol. The van der Waals surface area contributed by atoms with Crippen molar-refractivity contribution in [3.05, 3.63) is 51.2 Å². The number of hydrogen-bond donors (Lipinski definition) is 1. The molecule has 28 heavy (non-hydrogen) atoms. The van der Waals surface area contributed by atoms with Crippen molar-refractivity contribution in [3.8, 4) is 11.4 Å². The Balaban J connectivity index is 2.14. The highest BCUT2D eigenvalue weighted by molar-refractivity contribution is 7.84. The molecule has 1 aromatic carbocycles. The number of methoxy groups -OCH3 is 1. The number of H-pyrrole nitrogens is 1. The molecule has 2 aromatic heterocycles. The highest BCUT2D eigenvalue weighted by Crippen LogP contribution is 2.17. The predicted octanol–water partition coefficient (Wildman–Crippen LogP) is 1.36. The zero-order valence-corrected chi connectivity index (χ0v) is 16.8. The van der Waals surface area contributed by atoms with Gasteiger partial charge >= 0.3 is 5.69 Å². The van der Waals surface area contributed by atoms with Gasteiger partial charge in [0, 0.05) is 54.7 Å². The van der Waals surface area contributed by atoms with Gasteiger partial charge in [0.25, 0.3) is 5.56 Å². The van der Waals surface area contributed by atoms with E-state index >= 15 is 0 Å². The summed E-state index contributed by atoms with van der Waals surface area (Å²) in [6.45, 7) is 2.78. The van der Waals surface area contributed by atoms with E-state index in [9.17, 15) is 13.8 Å². The van der Waals surface area contributed by atoms with Gasteiger partial charge in [-0.1, -0.05) is 37.3 Å². The van der Waals surface area contributed by atoms with E-state index < -0.39 is 22.0 Å². The molecule has 1 N–H and O–H groups in total. The highest BCUT2D eigenvalue weighted by atomic mass is 32.2. The smallest absolute Gasteiger partial charge is 0.332 e. The summed E-state index contributed by atoms with van der Waals surface area (Å²) < 4.78 is 19.5. The van der Waals surface area contributed by atoms with E-state index in [2.05, 4.69) is 9.97 Å². The van der Waals surface area contributed by atoms with E-state index in [4.69, 9.17) is 4.74 Å². The minimum absolute atomic E-state index is 0.109. The molecule has 0 amide bonds. The minimum Gasteiger partial charge on any atom is -0.385 e. The number of benzene rings is 1. The lowest BCUT2D eigenvalue weighted by molar-refractivity contribution is 0.190. The molecule has 1 atom stereocenters. The Hall–Kier alpha value is -2.52. The van der Waals surface area contributed by atoms with Gasteiger partial charge in [0.1, 0.15) is 11.3 Å². The highest BCUT2D eigenvalue weighted by Gasteiger charge is 2.18. The summed E-state index contributed by atoms with van der Waals surface area (Å²) in [6, 6.07) is 9.43. The number of nitrogens with one attached hydrogen (secondary N) is 1. The Labute approximate surface area is 164 Å². The Kier molecular flexibility index (Phi) is 6.58. The molecular formula is C19H24N4O4S. The molecule has 3 aromatic rings. The van der Waals surface area contributed by atoms with Gasteiger partial charge in [-0.15, -0.1) is 0 Å². The maximum Gasteiger partial charge on any atom is 0.332 e. The summed E-state index contributed by atoms with van der Waals surface area (Å²) in [7, 11) is 0.529. The standard InChI is InChI=1S/C19H24N4O4S/c1-3-28(26)13-11-23-18(24)15-17(22(19(23)25)10-7-12-27-2)21-16(20-15)14-8-5-4-6-9-14/h4-6,8-9H,3,7,10-13H2,1-2H3,(H,20,21). The quantitative estimate of drug-likeness (QED) is 0.543. The number of nitrogens with zero attached hydrogens (tertiary/aromatic N) is 3. The lowest BCUT2D eigenvalue weighted by Crippen LogP contribution is -2.41. The zero-order chi connectivity index (χ0) is 20.1. The molecule has 3 rings (SSSR count). The summed E-state index contributed by atoms with van der Waals surface area (Å²) in [5.74, 6) is 1.28. The van der Waals surface area contributed by atoms with E-state index in [0.717, 1.165) is 10.1 Å². The van der Waals surface area contributed by atoms with Crippen LogP contribution in [0.15, 0.2) is 39.9 Å². The van der Waals surface area contributed by atoms with Crippen LogP contribution in [0.4, 0.5) is 0 Å². The second kappa shape index (κ2) is 9.11. The van der Waals surface area contributed by atoms with Crippen LogP contribution in [-0.2, 0) is 28.6 Å². The van der Waals surface area contributed by atoms with Gasteiger partial charge in [0.2, 0.25) is 0 Å². The topological polar surface area (TPSA) is 99.0 Å². The van der Waals surface area contributed by atoms with Gasteiger partial charge in [0.05, 0.1) is 0 Å². The van der Waals surface area contributed by atoms with Crippen LogP contribution >= 0.6 is 0 Å². The van der Waals surface area contributed by atoms with Crippen molar-refractivity contribution < 1.29 is 8.95 Å². The summed E-state index contributed by atoms with van der Waals surface area (Å²) in [4.78, 5) is 33.5. The SMILES string of the molecule is CCS(=O)CCn1c(=O)c2[nH]c(-c3ccccc3)nc2n(CCCOC)c1=O. The van der Waals surface area contributed by atoms with Crippen LogP contribution in [0.25, 0.3) is 22.6 Å². The molecule has 150 valence electrons. The third kappa shape index (κ3) is 4.15. The number of aryl methyl sites for hydroxylation is 1. The van der Waals surface area contributed by atoms with E-state index in [1.807, 2.05) is 37.3 Å². The average Bonchev–Trinajstić information content (AvgIpc) is 3.16. The van der Waals surface area contributed by atoms with Crippen molar-refractivity contribution in [1.29, 1.82) is 0 Å². The predicted molar refractivity (Wildman–Crippen MR) is 110 cm³/mol. The first kappa shape index (κ1) is 20.2. The van der Waals surface area contributed by atoms with Gasteiger partial charge in [-0.3, -0.25) is 18.1 Å². The number of hydrogen-bond acceptors (Lipinski definition) is 5. The first-order valence-corrected chi connectivity index (χ1v) is 10.7. The number of ether oxygens (including phenoxy) is 1. The average molecular weight is 404 g/mol. The number of rotatable bonds is 9. The zero-order valence-electron chi connectivity index (χ0n) is 16.0. The van der Waals surface area contributed by atoms with Gasteiger partial charge in [0.15, 0.2) is 5.65 Å². The van der Waals surface area contributed by atoms with Crippen LogP contribution in [-0.4, -0.2) is 48.5 Å². The van der Waals surface area contributed by atoms with E-state index in [1.54, 1.807) is 7.11 Å². The number of fused-ring (bicyclic) bond motifs is 1. The Morgan fingerprint density at radius 2 is 1.89 bits per heavy atom. The molecule has 0 aliphatic carbocycles. The van der Waals surface area contributed by atoms with Gasteiger partial charge in [-0.2, -0.15) is 0 Å². The van der Waals surface area contributed by atoms with Crippen molar-refractivity contribution in [2.75, 3.05) is 25.2 Å². The molecule has 1 unspecified atom stereocenters. The molecule has 0 saturated heterocycles. The summed E-state index contributed by atoms with van der Waals surface area (Å²) in [5.41, 5.74) is 0.558. The van der Waals surface area contributed by atoms with Crippen molar-refractivity contribution >= 4 is 22.0 Å². The van der Waals surface area contributed by atoms with Gasteiger partial charge < -0.3 is 9.72 Å². The fraction of sp³-hybridized carbons (Fsp3) is 0.421. The lowest BCUT2D eigenvalue weighted by Gasteiger charge is -2.10. The van der Waals surface area contributed by atoms with Crippen LogP contribution in [0, 0.1) is 0 Å². The molecule has 0 aliphatic heterocycles. The second-order valence-corrected chi connectivity index (χ2v) is 8.19. The Morgan fingerprint density at radius 1 is 1.14 bits per heavy atom. The summed E-state index contributed by atoms with van der Waals surface area (Å²) in [5, 5.41) is 0. The summed E-state index contributed by atoms with van der Waals surface area (Å²) in [6.07, 6.45) is 0.609. The maximum absolute atomic E-state index is 13.0. The third-order valence-corrected chi connectivity index (χ3v) is 5.79. The Morgan fingerprint density at radius 3 is 2.57 bits per heavy atom. The Bertz CT molecular complexity index is 1080.